The van der Waals surface area contributed by atoms with Crippen molar-refractivity contribution < 1.29 is 9.53 Å². The summed E-state index contributed by atoms with van der Waals surface area (Å²) in [5, 5.41) is 4.11. The first-order valence-electron chi connectivity index (χ1n) is 9.00. The number of fused-ring (bicyclic) bond motifs is 1. The quantitative estimate of drug-likeness (QED) is 0.627. The average Bonchev–Trinajstić information content (AvgIpc) is 3.09. The molecule has 136 valence electrons. The highest BCUT2D eigenvalue weighted by atomic mass is 16.5. The summed E-state index contributed by atoms with van der Waals surface area (Å²) in [6.45, 7) is 4.59. The van der Waals surface area contributed by atoms with E-state index in [0.717, 1.165) is 35.1 Å². The predicted molar refractivity (Wildman–Crippen MR) is 106 cm³/mol. The van der Waals surface area contributed by atoms with E-state index in [4.69, 9.17) is 4.74 Å². The van der Waals surface area contributed by atoms with E-state index in [-0.39, 0.29) is 5.91 Å². The van der Waals surface area contributed by atoms with Crippen molar-refractivity contribution in [3.63, 3.8) is 0 Å². The van der Waals surface area contributed by atoms with Crippen molar-refractivity contribution in [1.82, 2.24) is 10.3 Å². The molecule has 0 radical (unpaired) electrons. The lowest BCUT2D eigenvalue weighted by molar-refractivity contribution is -0.125. The molecule has 0 atom stereocenters. The van der Waals surface area contributed by atoms with Crippen LogP contribution in [0.25, 0.3) is 10.9 Å². The van der Waals surface area contributed by atoms with Gasteiger partial charge in [-0.1, -0.05) is 30.3 Å². The molecular formula is C22H26N2O2. The number of benzene rings is 2. The molecule has 0 saturated heterocycles. The number of ether oxygens (including phenoxy) is 1. The fraction of sp³-hybridized carbons (Fsp3) is 0.318. The van der Waals surface area contributed by atoms with Gasteiger partial charge in [-0.25, -0.2) is 0 Å². The monoisotopic (exact) mass is 350 g/mol. The van der Waals surface area contributed by atoms with Crippen LogP contribution in [0.15, 0.2) is 54.7 Å². The zero-order valence-corrected chi connectivity index (χ0v) is 15.6. The Morgan fingerprint density at radius 3 is 2.65 bits per heavy atom. The maximum absolute atomic E-state index is 12.8. The summed E-state index contributed by atoms with van der Waals surface area (Å²) >= 11 is 0. The second-order valence-corrected chi connectivity index (χ2v) is 7.08. The highest BCUT2D eigenvalue weighted by Gasteiger charge is 2.32. The van der Waals surface area contributed by atoms with Gasteiger partial charge in [0.2, 0.25) is 5.91 Å². The minimum Gasteiger partial charge on any atom is -0.497 e. The molecule has 4 nitrogen and oxygen atoms in total. The first kappa shape index (κ1) is 18.1. The summed E-state index contributed by atoms with van der Waals surface area (Å²) in [7, 11) is 1.65. The van der Waals surface area contributed by atoms with Gasteiger partial charge in [-0.2, -0.15) is 0 Å². The van der Waals surface area contributed by atoms with Crippen LogP contribution in [0.2, 0.25) is 0 Å². The smallest absolute Gasteiger partial charge is 0.230 e. The molecule has 0 bridgehead atoms. The number of aromatic nitrogens is 1. The van der Waals surface area contributed by atoms with E-state index in [1.807, 2.05) is 56.4 Å². The van der Waals surface area contributed by atoms with E-state index >= 15 is 0 Å². The van der Waals surface area contributed by atoms with Crippen LogP contribution in [-0.4, -0.2) is 24.5 Å². The molecule has 0 fully saturated rings. The van der Waals surface area contributed by atoms with Crippen LogP contribution in [-0.2, 0) is 16.6 Å². The summed E-state index contributed by atoms with van der Waals surface area (Å²) in [6.07, 6.45) is 3.81. The number of carbonyl (C=O) groups is 1. The molecule has 0 unspecified atom stereocenters. The maximum Gasteiger partial charge on any atom is 0.230 e. The molecule has 3 aromatic rings. The standard InChI is InChI=1S/C22H26N2O2/c1-22(2,19-15-24-20-12-11-17(26-3)14-18(19)20)21(25)23-13-7-10-16-8-5-4-6-9-16/h4-6,8-9,11-12,14-15,24H,7,10,13H2,1-3H3,(H,23,25). The molecule has 0 spiro atoms. The number of hydrogen-bond donors (Lipinski definition) is 2. The maximum atomic E-state index is 12.8. The lowest BCUT2D eigenvalue weighted by Gasteiger charge is -2.23. The number of methoxy groups -OCH3 is 1. The van der Waals surface area contributed by atoms with Crippen LogP contribution in [0.5, 0.6) is 5.75 Å². The van der Waals surface area contributed by atoms with Gasteiger partial charge >= 0.3 is 0 Å². The predicted octanol–water partition coefficient (Wildman–Crippen LogP) is 4.20. The van der Waals surface area contributed by atoms with Crippen LogP contribution >= 0.6 is 0 Å². The normalized spacial score (nSPS) is 11.5. The SMILES string of the molecule is COc1ccc2[nH]cc(C(C)(C)C(=O)NCCCc3ccccc3)c2c1. The Kier molecular flexibility index (Phi) is 5.31. The van der Waals surface area contributed by atoms with Crippen molar-refractivity contribution in [2.24, 2.45) is 0 Å². The van der Waals surface area contributed by atoms with Crippen LogP contribution in [0, 0.1) is 0 Å². The topological polar surface area (TPSA) is 54.1 Å². The Morgan fingerprint density at radius 2 is 1.92 bits per heavy atom. The lowest BCUT2D eigenvalue weighted by atomic mass is 9.83. The van der Waals surface area contributed by atoms with E-state index < -0.39 is 5.41 Å². The van der Waals surface area contributed by atoms with Crippen molar-refractivity contribution >= 4 is 16.8 Å². The molecule has 0 aliphatic rings. The van der Waals surface area contributed by atoms with Crippen molar-refractivity contribution in [2.45, 2.75) is 32.1 Å². The number of amides is 1. The Bertz CT molecular complexity index is 882. The summed E-state index contributed by atoms with van der Waals surface area (Å²) < 4.78 is 5.33. The molecule has 2 aromatic carbocycles. The molecule has 1 aromatic heterocycles. The number of aryl methyl sites for hydroxylation is 1. The van der Waals surface area contributed by atoms with Gasteiger partial charge in [0.1, 0.15) is 5.75 Å². The number of rotatable bonds is 7. The van der Waals surface area contributed by atoms with E-state index in [2.05, 4.69) is 22.4 Å². The van der Waals surface area contributed by atoms with Crippen molar-refractivity contribution in [1.29, 1.82) is 0 Å². The third-order valence-electron chi connectivity index (χ3n) is 4.90. The van der Waals surface area contributed by atoms with Crippen molar-refractivity contribution in [2.75, 3.05) is 13.7 Å². The van der Waals surface area contributed by atoms with Crippen LogP contribution < -0.4 is 10.1 Å². The largest absolute Gasteiger partial charge is 0.497 e. The Balaban J connectivity index is 1.66. The molecule has 2 N–H and O–H groups in total. The summed E-state index contributed by atoms with van der Waals surface area (Å²) in [4.78, 5) is 16.1. The first-order valence-corrected chi connectivity index (χ1v) is 9.00. The van der Waals surface area contributed by atoms with Gasteiger partial charge in [0.25, 0.3) is 0 Å². The summed E-state index contributed by atoms with van der Waals surface area (Å²) in [6, 6.07) is 16.2. The molecule has 26 heavy (non-hydrogen) atoms. The van der Waals surface area contributed by atoms with E-state index in [0.29, 0.717) is 6.54 Å². The molecule has 1 amide bonds. The van der Waals surface area contributed by atoms with Crippen molar-refractivity contribution in [3.05, 3.63) is 65.9 Å². The molecule has 1 heterocycles. The minimum absolute atomic E-state index is 0.0364. The molecule has 0 saturated carbocycles. The van der Waals surface area contributed by atoms with E-state index in [9.17, 15) is 4.79 Å². The molecular weight excluding hydrogens is 324 g/mol. The molecule has 0 aliphatic carbocycles. The molecule has 0 aliphatic heterocycles. The third-order valence-corrected chi connectivity index (χ3v) is 4.90. The number of nitrogens with one attached hydrogen (secondary N) is 2. The Morgan fingerprint density at radius 1 is 1.15 bits per heavy atom. The summed E-state index contributed by atoms with van der Waals surface area (Å²) in [5.74, 6) is 0.826. The van der Waals surface area contributed by atoms with Crippen LogP contribution in [0.1, 0.15) is 31.4 Å². The third kappa shape index (κ3) is 3.74. The van der Waals surface area contributed by atoms with E-state index in [1.165, 1.54) is 5.56 Å². The fourth-order valence-electron chi connectivity index (χ4n) is 3.23. The van der Waals surface area contributed by atoms with Crippen LogP contribution in [0.3, 0.4) is 0 Å². The number of H-pyrrole nitrogens is 1. The Labute approximate surface area is 154 Å². The van der Waals surface area contributed by atoms with Gasteiger partial charge < -0.3 is 15.0 Å². The van der Waals surface area contributed by atoms with Gasteiger partial charge in [0.15, 0.2) is 0 Å². The van der Waals surface area contributed by atoms with Gasteiger partial charge in [-0.3, -0.25) is 4.79 Å². The van der Waals surface area contributed by atoms with E-state index in [1.54, 1.807) is 7.11 Å². The zero-order valence-electron chi connectivity index (χ0n) is 15.6. The van der Waals surface area contributed by atoms with Gasteiger partial charge in [-0.15, -0.1) is 0 Å². The number of carbonyl (C=O) groups excluding carboxylic acids is 1. The van der Waals surface area contributed by atoms with Crippen molar-refractivity contribution in [3.8, 4) is 5.75 Å². The Hall–Kier alpha value is -2.75. The number of hydrogen-bond acceptors (Lipinski definition) is 2. The van der Waals surface area contributed by atoms with Crippen LogP contribution in [0.4, 0.5) is 0 Å². The lowest BCUT2D eigenvalue weighted by Crippen LogP contribution is -2.40. The second kappa shape index (κ2) is 7.65. The fourth-order valence-corrected chi connectivity index (χ4v) is 3.23. The zero-order chi connectivity index (χ0) is 18.6. The second-order valence-electron chi connectivity index (χ2n) is 7.08. The van der Waals surface area contributed by atoms with Gasteiger partial charge in [0.05, 0.1) is 12.5 Å². The first-order chi connectivity index (χ1) is 12.5. The summed E-state index contributed by atoms with van der Waals surface area (Å²) in [5.41, 5.74) is 2.65. The highest BCUT2D eigenvalue weighted by molar-refractivity contribution is 5.95. The van der Waals surface area contributed by atoms with Gasteiger partial charge in [-0.05, 0) is 56.0 Å². The molecule has 4 heteroatoms. The minimum atomic E-state index is -0.628. The average molecular weight is 350 g/mol. The molecule has 3 rings (SSSR count). The van der Waals surface area contributed by atoms with Gasteiger partial charge in [0, 0.05) is 23.6 Å². The number of aromatic amines is 1. The highest BCUT2D eigenvalue weighted by Crippen LogP contribution is 2.32.